The first-order valence-corrected chi connectivity index (χ1v) is 8.34. The highest BCUT2D eigenvalue weighted by Crippen LogP contribution is 2.29. The van der Waals surface area contributed by atoms with Gasteiger partial charge in [0.2, 0.25) is 0 Å². The largest absolute Gasteiger partial charge is 0.343 e. The second kappa shape index (κ2) is 6.04. The van der Waals surface area contributed by atoms with E-state index in [9.17, 15) is 4.79 Å². The number of fused-ring (bicyclic) bond motifs is 1. The van der Waals surface area contributed by atoms with Crippen molar-refractivity contribution >= 4 is 28.1 Å². The van der Waals surface area contributed by atoms with Crippen LogP contribution in [-0.2, 0) is 13.6 Å². The van der Waals surface area contributed by atoms with E-state index in [2.05, 4.69) is 31.8 Å². The lowest BCUT2D eigenvalue weighted by Gasteiger charge is -2.04. The van der Waals surface area contributed by atoms with Gasteiger partial charge < -0.3 is 5.32 Å². The van der Waals surface area contributed by atoms with Gasteiger partial charge in [-0.25, -0.2) is 14.9 Å². The number of aromatic nitrogens is 5. The number of aromatic amines is 1. The zero-order chi connectivity index (χ0) is 14.8. The van der Waals surface area contributed by atoms with Gasteiger partial charge in [-0.2, -0.15) is 0 Å². The maximum Gasteiger partial charge on any atom is 0.343 e. The molecule has 0 atom stereocenters. The topological polar surface area (TPSA) is 80.0 Å². The molecule has 0 bridgehead atoms. The second-order valence-electron chi connectivity index (χ2n) is 4.57. The van der Waals surface area contributed by atoms with Gasteiger partial charge in [-0.05, 0) is 24.7 Å². The second-order valence-corrected chi connectivity index (χ2v) is 6.40. The zero-order valence-electron chi connectivity index (χ0n) is 11.8. The molecule has 112 valence electrons. The Hall–Kier alpha value is -1.58. The summed E-state index contributed by atoms with van der Waals surface area (Å²) in [6.45, 7) is 3.84. The number of nitrogens with zero attached hydrogens (tertiary/aromatic N) is 4. The van der Waals surface area contributed by atoms with Gasteiger partial charge >= 0.3 is 5.69 Å². The van der Waals surface area contributed by atoms with Crippen LogP contribution in [0.4, 0.5) is 0 Å². The predicted molar refractivity (Wildman–Crippen MR) is 83.0 cm³/mol. The molecule has 0 saturated carbocycles. The van der Waals surface area contributed by atoms with Crippen molar-refractivity contribution in [2.75, 3.05) is 6.54 Å². The highest BCUT2D eigenvalue weighted by Gasteiger charge is 2.16. The van der Waals surface area contributed by atoms with Gasteiger partial charge in [-0.1, -0.05) is 6.92 Å². The molecule has 0 spiro atoms. The molecule has 9 heteroatoms. The van der Waals surface area contributed by atoms with Crippen LogP contribution in [0, 0.1) is 0 Å². The Kier molecular flexibility index (Phi) is 4.13. The van der Waals surface area contributed by atoms with Gasteiger partial charge in [-0.3, -0.25) is 8.97 Å². The predicted octanol–water partition coefficient (Wildman–Crippen LogP) is 1.47. The summed E-state index contributed by atoms with van der Waals surface area (Å²) in [5, 5.41) is 13.4. The van der Waals surface area contributed by atoms with Crippen molar-refractivity contribution in [2.45, 2.75) is 30.1 Å². The molecule has 0 aliphatic rings. The normalized spacial score (nSPS) is 11.5. The van der Waals surface area contributed by atoms with Crippen molar-refractivity contribution in [3.63, 3.8) is 0 Å². The standard InChI is InChI=1S/C12H16N6OS2/c1-3-4-13-7-8-9(14-11-18(8)5-6-20-11)21-12-16-15-10(19)17(12)2/h5-6,13H,3-4,7H2,1-2H3,(H,15,19). The lowest BCUT2D eigenvalue weighted by molar-refractivity contribution is 0.652. The van der Waals surface area contributed by atoms with E-state index in [4.69, 9.17) is 0 Å². The molecule has 3 aromatic heterocycles. The summed E-state index contributed by atoms with van der Waals surface area (Å²) >= 11 is 3.00. The molecule has 0 amide bonds. The molecule has 0 aliphatic heterocycles. The van der Waals surface area contributed by atoms with Crippen LogP contribution in [0.1, 0.15) is 19.0 Å². The van der Waals surface area contributed by atoms with Crippen LogP contribution in [0.25, 0.3) is 4.96 Å². The maximum atomic E-state index is 11.4. The molecular formula is C12H16N6OS2. The SMILES string of the molecule is CCCNCc1c(Sc2n[nH]c(=O)n2C)nc2sccn12. The number of rotatable bonds is 6. The first-order valence-electron chi connectivity index (χ1n) is 6.65. The fraction of sp³-hybridized carbons (Fsp3) is 0.417. The van der Waals surface area contributed by atoms with E-state index < -0.39 is 0 Å². The molecule has 2 N–H and O–H groups in total. The van der Waals surface area contributed by atoms with Crippen molar-refractivity contribution in [2.24, 2.45) is 7.05 Å². The molecule has 0 fully saturated rings. The number of nitrogens with one attached hydrogen (secondary N) is 2. The Labute approximate surface area is 129 Å². The summed E-state index contributed by atoms with van der Waals surface area (Å²) in [6.07, 6.45) is 3.10. The highest BCUT2D eigenvalue weighted by atomic mass is 32.2. The van der Waals surface area contributed by atoms with Crippen LogP contribution in [-0.4, -0.2) is 30.7 Å². The summed E-state index contributed by atoms with van der Waals surface area (Å²) in [5.41, 5.74) is 0.879. The Bertz CT molecular complexity index is 798. The van der Waals surface area contributed by atoms with Crippen molar-refractivity contribution in [1.82, 2.24) is 29.5 Å². The fourth-order valence-corrected chi connectivity index (χ4v) is 3.64. The van der Waals surface area contributed by atoms with Gasteiger partial charge in [-0.15, -0.1) is 16.4 Å². The van der Waals surface area contributed by atoms with Crippen LogP contribution in [0.15, 0.2) is 26.6 Å². The van der Waals surface area contributed by atoms with Crippen LogP contribution >= 0.6 is 23.1 Å². The van der Waals surface area contributed by atoms with Gasteiger partial charge in [0.1, 0.15) is 5.03 Å². The maximum absolute atomic E-state index is 11.4. The van der Waals surface area contributed by atoms with Crippen LogP contribution in [0.3, 0.4) is 0 Å². The quantitative estimate of drug-likeness (QED) is 0.671. The number of hydrogen-bond acceptors (Lipinski definition) is 6. The van der Waals surface area contributed by atoms with Gasteiger partial charge in [0, 0.05) is 25.2 Å². The number of thiazole rings is 1. The van der Waals surface area contributed by atoms with Gasteiger partial charge in [0.15, 0.2) is 10.1 Å². The lowest BCUT2D eigenvalue weighted by Crippen LogP contribution is -2.15. The summed E-state index contributed by atoms with van der Waals surface area (Å²) in [5.74, 6) is 0. The molecule has 7 nitrogen and oxygen atoms in total. The average molecular weight is 324 g/mol. The highest BCUT2D eigenvalue weighted by molar-refractivity contribution is 7.99. The Morgan fingerprint density at radius 2 is 2.38 bits per heavy atom. The van der Waals surface area contributed by atoms with E-state index >= 15 is 0 Å². The Morgan fingerprint density at radius 1 is 1.52 bits per heavy atom. The number of H-pyrrole nitrogens is 1. The van der Waals surface area contributed by atoms with E-state index in [1.165, 1.54) is 16.3 Å². The Morgan fingerprint density at radius 3 is 3.10 bits per heavy atom. The third kappa shape index (κ3) is 2.76. The smallest absolute Gasteiger partial charge is 0.311 e. The molecule has 0 radical (unpaired) electrons. The molecule has 0 saturated heterocycles. The van der Waals surface area contributed by atoms with Crippen molar-refractivity contribution in [3.05, 3.63) is 27.8 Å². The summed E-state index contributed by atoms with van der Waals surface area (Å²) in [6, 6.07) is 0. The summed E-state index contributed by atoms with van der Waals surface area (Å²) < 4.78 is 3.57. The van der Waals surface area contributed by atoms with Crippen molar-refractivity contribution in [1.29, 1.82) is 0 Å². The van der Waals surface area contributed by atoms with Crippen LogP contribution < -0.4 is 11.0 Å². The average Bonchev–Trinajstić information content (AvgIpc) is 3.12. The van der Waals surface area contributed by atoms with Crippen molar-refractivity contribution < 1.29 is 0 Å². The molecule has 21 heavy (non-hydrogen) atoms. The minimum atomic E-state index is -0.218. The van der Waals surface area contributed by atoms with Gasteiger partial charge in [0.05, 0.1) is 5.69 Å². The summed E-state index contributed by atoms with van der Waals surface area (Å²) in [4.78, 5) is 17.0. The molecular weight excluding hydrogens is 308 g/mol. The van der Waals surface area contributed by atoms with Gasteiger partial charge in [0.25, 0.3) is 0 Å². The molecule has 0 aromatic carbocycles. The summed E-state index contributed by atoms with van der Waals surface area (Å²) in [7, 11) is 1.70. The minimum Gasteiger partial charge on any atom is -0.311 e. The van der Waals surface area contributed by atoms with Crippen LogP contribution in [0.2, 0.25) is 0 Å². The zero-order valence-corrected chi connectivity index (χ0v) is 13.4. The molecule has 3 aromatic rings. The third-order valence-electron chi connectivity index (χ3n) is 3.07. The lowest BCUT2D eigenvalue weighted by atomic mass is 10.4. The molecule has 0 aliphatic carbocycles. The van der Waals surface area contributed by atoms with E-state index in [-0.39, 0.29) is 5.69 Å². The van der Waals surface area contributed by atoms with E-state index in [0.29, 0.717) is 5.16 Å². The van der Waals surface area contributed by atoms with Crippen molar-refractivity contribution in [3.8, 4) is 0 Å². The monoisotopic (exact) mass is 324 g/mol. The first-order chi connectivity index (χ1) is 10.2. The molecule has 0 unspecified atom stereocenters. The Balaban J connectivity index is 1.93. The van der Waals surface area contributed by atoms with E-state index in [1.807, 2.05) is 11.6 Å². The fourth-order valence-electron chi connectivity index (χ4n) is 1.95. The number of imidazole rings is 1. The molecule has 3 heterocycles. The van der Waals surface area contributed by atoms with E-state index in [0.717, 1.165) is 35.2 Å². The van der Waals surface area contributed by atoms with Crippen LogP contribution in [0.5, 0.6) is 0 Å². The minimum absolute atomic E-state index is 0.218. The third-order valence-corrected chi connectivity index (χ3v) is 4.89. The first kappa shape index (κ1) is 14.4. The molecule has 3 rings (SSSR count). The van der Waals surface area contributed by atoms with E-state index in [1.54, 1.807) is 18.4 Å². The number of hydrogen-bond donors (Lipinski definition) is 2.